The molecule has 10 heteroatoms. The number of ether oxygens (including phenoxy) is 2. The summed E-state index contributed by atoms with van der Waals surface area (Å²) in [5, 5.41) is 8.40. The Morgan fingerprint density at radius 3 is 2.37 bits per heavy atom. The van der Waals surface area contributed by atoms with Gasteiger partial charge >= 0.3 is 0 Å². The lowest BCUT2D eigenvalue weighted by Gasteiger charge is -2.33. The second-order valence-electron chi connectivity index (χ2n) is 13.4. The zero-order valence-corrected chi connectivity index (χ0v) is 28.6. The van der Waals surface area contributed by atoms with Crippen LogP contribution in [0.4, 0.5) is 0 Å². The molecule has 0 spiro atoms. The Balaban J connectivity index is 1.84. The van der Waals surface area contributed by atoms with Gasteiger partial charge < -0.3 is 30.3 Å². The van der Waals surface area contributed by atoms with Crippen LogP contribution in [-0.4, -0.2) is 73.5 Å². The van der Waals surface area contributed by atoms with E-state index < -0.39 is 29.8 Å². The molecule has 4 amide bonds. The predicted octanol–water partition coefficient (Wildman–Crippen LogP) is 4.60. The van der Waals surface area contributed by atoms with E-state index in [1.54, 1.807) is 36.2 Å². The molecule has 3 atom stereocenters. The van der Waals surface area contributed by atoms with Gasteiger partial charge in [0.2, 0.25) is 17.7 Å². The van der Waals surface area contributed by atoms with Crippen molar-refractivity contribution < 1.29 is 28.7 Å². The van der Waals surface area contributed by atoms with Crippen molar-refractivity contribution in [2.45, 2.75) is 91.8 Å². The number of aryl methyl sites for hydroxylation is 1. The van der Waals surface area contributed by atoms with Crippen molar-refractivity contribution in [2.75, 3.05) is 26.8 Å². The fourth-order valence-corrected chi connectivity index (χ4v) is 5.55. The molecule has 252 valence electrons. The van der Waals surface area contributed by atoms with Gasteiger partial charge in [0, 0.05) is 7.05 Å². The Bertz CT molecular complexity index is 1360. The summed E-state index contributed by atoms with van der Waals surface area (Å²) in [6, 6.07) is 10.5. The average molecular weight is 637 g/mol. The molecule has 3 N–H and O–H groups in total. The van der Waals surface area contributed by atoms with Gasteiger partial charge in [-0.25, -0.2) is 0 Å². The van der Waals surface area contributed by atoms with E-state index in [2.05, 4.69) is 43.6 Å². The van der Waals surface area contributed by atoms with Crippen LogP contribution in [-0.2, 0) is 14.4 Å². The fraction of sp³-hybridized carbons (Fsp3) is 0.556. The van der Waals surface area contributed by atoms with Gasteiger partial charge in [0.15, 0.2) is 0 Å². The summed E-state index contributed by atoms with van der Waals surface area (Å²) in [5.74, 6) is -0.0474. The molecule has 0 fully saturated rings. The molecule has 1 heterocycles. The lowest BCUT2D eigenvalue weighted by molar-refractivity contribution is -0.138. The van der Waals surface area contributed by atoms with Gasteiger partial charge in [-0.1, -0.05) is 65.8 Å². The second-order valence-corrected chi connectivity index (χ2v) is 13.4. The van der Waals surface area contributed by atoms with Crippen molar-refractivity contribution in [1.29, 1.82) is 0 Å². The number of carbonyl (C=O) groups is 4. The zero-order chi connectivity index (χ0) is 34.0. The predicted molar refractivity (Wildman–Crippen MR) is 179 cm³/mol. The molecule has 1 aliphatic rings. The zero-order valence-electron chi connectivity index (χ0n) is 28.6. The van der Waals surface area contributed by atoms with Gasteiger partial charge in [-0.05, 0) is 66.8 Å². The SMILES string of the molecule is Cc1ccc(C(C)C)c(OCCNC(=O)[C@@H]2CC(=O)N[C@H](CC(C)C)C(=O)N(C)[C@H](CC(C)C)COc3ccccc3C(=O)N2)c1. The minimum Gasteiger partial charge on any atom is -0.491 e. The van der Waals surface area contributed by atoms with Crippen LogP contribution in [0.15, 0.2) is 42.5 Å². The number of carbonyl (C=O) groups excluding carboxylic acids is 4. The molecule has 0 bridgehead atoms. The average Bonchev–Trinajstić information content (AvgIpc) is 2.99. The van der Waals surface area contributed by atoms with E-state index in [9.17, 15) is 19.2 Å². The first kappa shape index (κ1) is 36.4. The highest BCUT2D eigenvalue weighted by Gasteiger charge is 2.33. The minimum absolute atomic E-state index is 0.122. The fourth-order valence-electron chi connectivity index (χ4n) is 5.55. The van der Waals surface area contributed by atoms with E-state index >= 15 is 0 Å². The first-order valence-electron chi connectivity index (χ1n) is 16.4. The normalized spacial score (nSPS) is 19.7. The van der Waals surface area contributed by atoms with Gasteiger partial charge in [0.05, 0.1) is 24.6 Å². The summed E-state index contributed by atoms with van der Waals surface area (Å²) in [4.78, 5) is 55.8. The largest absolute Gasteiger partial charge is 0.491 e. The molecule has 1 aliphatic heterocycles. The van der Waals surface area contributed by atoms with Crippen molar-refractivity contribution in [3.63, 3.8) is 0 Å². The third kappa shape index (κ3) is 10.5. The molecule has 0 aliphatic carbocycles. The topological polar surface area (TPSA) is 126 Å². The number of fused-ring (bicyclic) bond motifs is 1. The van der Waals surface area contributed by atoms with E-state index in [1.807, 2.05) is 39.0 Å². The molecule has 0 radical (unpaired) electrons. The third-order valence-electron chi connectivity index (χ3n) is 8.00. The van der Waals surface area contributed by atoms with Gasteiger partial charge in [-0.3, -0.25) is 19.2 Å². The van der Waals surface area contributed by atoms with Crippen LogP contribution < -0.4 is 25.4 Å². The van der Waals surface area contributed by atoms with Crippen molar-refractivity contribution in [3.05, 3.63) is 59.2 Å². The van der Waals surface area contributed by atoms with Crippen LogP contribution in [0.5, 0.6) is 11.5 Å². The Kier molecular flexibility index (Phi) is 13.5. The lowest BCUT2D eigenvalue weighted by Crippen LogP contribution is -2.55. The number of para-hydroxylation sites is 1. The Hall–Kier alpha value is -4.08. The third-order valence-corrected chi connectivity index (χ3v) is 8.00. The van der Waals surface area contributed by atoms with E-state index in [1.165, 1.54) is 0 Å². The number of likely N-dealkylation sites (N-methyl/N-ethyl adjacent to an activating group) is 1. The van der Waals surface area contributed by atoms with E-state index in [-0.39, 0.29) is 61.4 Å². The monoisotopic (exact) mass is 636 g/mol. The second kappa shape index (κ2) is 17.0. The highest BCUT2D eigenvalue weighted by molar-refractivity contribution is 6.01. The van der Waals surface area contributed by atoms with Crippen LogP contribution in [0.2, 0.25) is 0 Å². The Morgan fingerprint density at radius 1 is 1.00 bits per heavy atom. The van der Waals surface area contributed by atoms with Gasteiger partial charge in [-0.2, -0.15) is 0 Å². The van der Waals surface area contributed by atoms with Gasteiger partial charge in [-0.15, -0.1) is 0 Å². The maximum Gasteiger partial charge on any atom is 0.255 e. The van der Waals surface area contributed by atoms with Crippen LogP contribution in [0, 0.1) is 18.8 Å². The van der Waals surface area contributed by atoms with Crippen LogP contribution in [0.25, 0.3) is 0 Å². The lowest BCUT2D eigenvalue weighted by atomic mass is 9.99. The quantitative estimate of drug-likeness (QED) is 0.328. The van der Waals surface area contributed by atoms with Crippen molar-refractivity contribution >= 4 is 23.6 Å². The Morgan fingerprint density at radius 2 is 1.70 bits per heavy atom. The van der Waals surface area contributed by atoms with Crippen LogP contribution in [0.3, 0.4) is 0 Å². The number of nitrogens with one attached hydrogen (secondary N) is 3. The summed E-state index contributed by atoms with van der Waals surface area (Å²) in [7, 11) is 1.72. The highest BCUT2D eigenvalue weighted by Crippen LogP contribution is 2.27. The van der Waals surface area contributed by atoms with Crippen LogP contribution >= 0.6 is 0 Å². The van der Waals surface area contributed by atoms with Crippen molar-refractivity contribution in [2.24, 2.45) is 11.8 Å². The number of hydrogen-bond donors (Lipinski definition) is 3. The molecule has 0 unspecified atom stereocenters. The molecule has 0 aromatic heterocycles. The summed E-state index contributed by atoms with van der Waals surface area (Å²) in [6.45, 7) is 14.8. The van der Waals surface area contributed by atoms with Gasteiger partial charge in [0.25, 0.3) is 5.91 Å². The Labute approximate surface area is 274 Å². The molecule has 0 saturated carbocycles. The molecule has 2 aromatic rings. The van der Waals surface area contributed by atoms with Gasteiger partial charge in [0.1, 0.15) is 36.8 Å². The molecule has 10 nitrogen and oxygen atoms in total. The first-order valence-corrected chi connectivity index (χ1v) is 16.4. The number of nitrogens with zero attached hydrogens (tertiary/aromatic N) is 1. The van der Waals surface area contributed by atoms with Crippen LogP contribution in [0.1, 0.15) is 88.2 Å². The summed E-state index contributed by atoms with van der Waals surface area (Å²) >= 11 is 0. The van der Waals surface area contributed by atoms with Crippen molar-refractivity contribution in [1.82, 2.24) is 20.9 Å². The molecule has 46 heavy (non-hydrogen) atoms. The molecule has 0 saturated heterocycles. The number of hydrogen-bond acceptors (Lipinski definition) is 6. The molecule has 3 rings (SSSR count). The number of amides is 4. The number of rotatable bonds is 10. The smallest absolute Gasteiger partial charge is 0.255 e. The standard InChI is InChI=1S/C36H52N4O6/c1-22(2)17-26-21-46-31-12-10-9-11-28(31)34(42)39-29(20-33(41)38-30(18-23(3)4)36(44)40(26)8)35(43)37-15-16-45-32-19-25(7)13-14-27(32)24(5)6/h9-14,19,22-24,26,29-30H,15-18,20-21H2,1-8H3,(H,37,43)(H,38,41)(H,39,42)/t26-,29+,30-/m1/s1. The van der Waals surface area contributed by atoms with Crippen molar-refractivity contribution in [3.8, 4) is 11.5 Å². The number of benzene rings is 2. The first-order chi connectivity index (χ1) is 21.8. The highest BCUT2D eigenvalue weighted by atomic mass is 16.5. The maximum absolute atomic E-state index is 13.8. The molecule has 2 aromatic carbocycles. The summed E-state index contributed by atoms with van der Waals surface area (Å²) < 4.78 is 12.2. The van der Waals surface area contributed by atoms with E-state index in [4.69, 9.17) is 9.47 Å². The summed E-state index contributed by atoms with van der Waals surface area (Å²) in [6.07, 6.45) is 0.746. The summed E-state index contributed by atoms with van der Waals surface area (Å²) in [5.41, 5.74) is 2.37. The molecular formula is C36H52N4O6. The van der Waals surface area contributed by atoms with E-state index in [0.717, 1.165) is 16.9 Å². The maximum atomic E-state index is 13.8. The molecular weight excluding hydrogens is 584 g/mol. The minimum atomic E-state index is -1.20. The van der Waals surface area contributed by atoms with E-state index in [0.29, 0.717) is 18.6 Å².